The first-order chi connectivity index (χ1) is 11.2. The summed E-state index contributed by atoms with van der Waals surface area (Å²) in [4.78, 5) is 17.5. The molecule has 1 amide bonds. The maximum Gasteiger partial charge on any atom is 0.230 e. The fourth-order valence-corrected chi connectivity index (χ4v) is 4.50. The number of aromatic nitrogens is 2. The van der Waals surface area contributed by atoms with Gasteiger partial charge in [0.1, 0.15) is 5.76 Å². The van der Waals surface area contributed by atoms with Crippen LogP contribution in [0, 0.1) is 13.8 Å². The molecule has 10 heteroatoms. The second kappa shape index (κ2) is 6.26. The molecule has 2 aromatic heterocycles. The van der Waals surface area contributed by atoms with Gasteiger partial charge in [-0.05, 0) is 13.8 Å². The molecule has 2 aromatic rings. The lowest BCUT2D eigenvalue weighted by Crippen LogP contribution is -2.34. The number of nitrogens with zero attached hydrogens (tertiary/aromatic N) is 3. The molecular formula is C14H18N4O4S2. The molecule has 1 N–H and O–H groups in total. The highest BCUT2D eigenvalue weighted by molar-refractivity contribution is 7.88. The summed E-state index contributed by atoms with van der Waals surface area (Å²) in [5, 5.41) is 7.10. The molecule has 3 rings (SSSR count). The molecule has 0 unspecified atom stereocenters. The van der Waals surface area contributed by atoms with Crippen molar-refractivity contribution in [1.82, 2.24) is 14.4 Å². The van der Waals surface area contributed by atoms with E-state index < -0.39 is 10.0 Å². The molecule has 0 aromatic carbocycles. The van der Waals surface area contributed by atoms with Gasteiger partial charge in [-0.3, -0.25) is 4.79 Å². The van der Waals surface area contributed by atoms with Crippen LogP contribution in [0.4, 0.5) is 5.13 Å². The van der Waals surface area contributed by atoms with E-state index in [1.165, 1.54) is 21.9 Å². The van der Waals surface area contributed by atoms with E-state index in [-0.39, 0.29) is 12.3 Å². The summed E-state index contributed by atoms with van der Waals surface area (Å²) >= 11 is 1.32. The molecule has 130 valence electrons. The third-order valence-corrected chi connectivity index (χ3v) is 6.18. The average molecular weight is 370 g/mol. The highest BCUT2D eigenvalue weighted by Gasteiger charge is 2.26. The second-order valence-corrected chi connectivity index (χ2v) is 8.83. The fourth-order valence-electron chi connectivity index (χ4n) is 2.59. The van der Waals surface area contributed by atoms with Gasteiger partial charge >= 0.3 is 0 Å². The molecule has 0 bridgehead atoms. The van der Waals surface area contributed by atoms with Crippen molar-refractivity contribution in [3.63, 3.8) is 0 Å². The monoisotopic (exact) mass is 370 g/mol. The summed E-state index contributed by atoms with van der Waals surface area (Å²) in [7, 11) is -3.22. The predicted octanol–water partition coefficient (Wildman–Crippen LogP) is 1.25. The summed E-state index contributed by atoms with van der Waals surface area (Å²) in [5.74, 6) is 0.431. The van der Waals surface area contributed by atoms with Crippen molar-refractivity contribution in [3.05, 3.63) is 27.6 Å². The van der Waals surface area contributed by atoms with Gasteiger partial charge in [-0.25, -0.2) is 13.4 Å². The lowest BCUT2D eigenvalue weighted by Gasteiger charge is -2.23. The Labute approximate surface area is 143 Å². The Morgan fingerprint density at radius 3 is 2.79 bits per heavy atom. The summed E-state index contributed by atoms with van der Waals surface area (Å²) in [6.45, 7) is 4.29. The molecule has 0 spiro atoms. The van der Waals surface area contributed by atoms with Gasteiger partial charge in [0, 0.05) is 30.0 Å². The quantitative estimate of drug-likeness (QED) is 0.868. The van der Waals surface area contributed by atoms with E-state index in [1.54, 1.807) is 13.8 Å². The molecule has 0 atom stereocenters. The number of fused-ring (bicyclic) bond motifs is 1. The van der Waals surface area contributed by atoms with E-state index in [4.69, 9.17) is 4.52 Å². The molecule has 24 heavy (non-hydrogen) atoms. The summed E-state index contributed by atoms with van der Waals surface area (Å²) in [6.07, 6.45) is 1.92. The van der Waals surface area contributed by atoms with Crippen molar-refractivity contribution in [2.45, 2.75) is 33.2 Å². The third-order valence-electron chi connectivity index (χ3n) is 3.93. The fraction of sp³-hybridized carbons (Fsp3) is 0.500. The van der Waals surface area contributed by atoms with Gasteiger partial charge in [0.05, 0.1) is 24.1 Å². The Kier molecular flexibility index (Phi) is 4.45. The van der Waals surface area contributed by atoms with Crippen molar-refractivity contribution in [3.8, 4) is 0 Å². The average Bonchev–Trinajstić information content (AvgIpc) is 3.02. The van der Waals surface area contributed by atoms with Gasteiger partial charge in [0.2, 0.25) is 15.9 Å². The molecule has 8 nitrogen and oxygen atoms in total. The van der Waals surface area contributed by atoms with Crippen LogP contribution in [0.3, 0.4) is 0 Å². The van der Waals surface area contributed by atoms with E-state index in [0.717, 1.165) is 16.1 Å². The number of anilines is 1. The van der Waals surface area contributed by atoms with Crippen LogP contribution in [0.1, 0.15) is 27.6 Å². The molecule has 0 fully saturated rings. The number of thiazole rings is 1. The van der Waals surface area contributed by atoms with Crippen LogP contribution in [0.5, 0.6) is 0 Å². The van der Waals surface area contributed by atoms with Crippen molar-refractivity contribution < 1.29 is 17.7 Å². The first kappa shape index (κ1) is 17.1. The molecule has 0 radical (unpaired) electrons. The Morgan fingerprint density at radius 1 is 1.42 bits per heavy atom. The summed E-state index contributed by atoms with van der Waals surface area (Å²) in [5.41, 5.74) is 2.33. The Morgan fingerprint density at radius 2 is 2.17 bits per heavy atom. The van der Waals surface area contributed by atoms with Gasteiger partial charge in [-0.2, -0.15) is 4.31 Å². The number of amides is 1. The number of aryl methyl sites for hydroxylation is 2. The molecular weight excluding hydrogens is 352 g/mol. The second-order valence-electron chi connectivity index (χ2n) is 5.76. The topological polar surface area (TPSA) is 105 Å². The predicted molar refractivity (Wildman–Crippen MR) is 89.4 cm³/mol. The van der Waals surface area contributed by atoms with Crippen LogP contribution in [0.15, 0.2) is 4.52 Å². The lowest BCUT2D eigenvalue weighted by molar-refractivity contribution is -0.115. The summed E-state index contributed by atoms with van der Waals surface area (Å²) < 4.78 is 29.8. The maximum absolute atomic E-state index is 12.2. The smallest absolute Gasteiger partial charge is 0.230 e. The van der Waals surface area contributed by atoms with Gasteiger partial charge in [-0.15, -0.1) is 11.3 Å². The lowest BCUT2D eigenvalue weighted by atomic mass is 10.1. The molecule has 1 aliphatic heterocycles. The van der Waals surface area contributed by atoms with Gasteiger partial charge < -0.3 is 9.84 Å². The molecule has 0 saturated heterocycles. The van der Waals surface area contributed by atoms with E-state index in [9.17, 15) is 13.2 Å². The maximum atomic E-state index is 12.2. The number of hydrogen-bond acceptors (Lipinski definition) is 7. The van der Waals surface area contributed by atoms with Crippen molar-refractivity contribution in [1.29, 1.82) is 0 Å². The number of hydrogen-bond donors (Lipinski definition) is 1. The first-order valence-corrected chi connectivity index (χ1v) is 10.1. The van der Waals surface area contributed by atoms with Crippen LogP contribution in [-0.2, 0) is 34.2 Å². The zero-order valence-corrected chi connectivity index (χ0v) is 15.3. The summed E-state index contributed by atoms with van der Waals surface area (Å²) in [6, 6.07) is 0. The minimum Gasteiger partial charge on any atom is -0.361 e. The number of nitrogens with one attached hydrogen (secondary N) is 1. The van der Waals surface area contributed by atoms with Crippen LogP contribution in [0.25, 0.3) is 0 Å². The van der Waals surface area contributed by atoms with Crippen molar-refractivity contribution in [2.75, 3.05) is 18.1 Å². The normalized spacial score (nSPS) is 15.3. The standard InChI is InChI=1S/C14H18N4O4S2/c1-8-10(9(2)22-17-8)6-13(19)16-14-15-11-4-5-18(24(3,20)21)7-12(11)23-14/h4-7H2,1-3H3,(H,15,16,19). The van der Waals surface area contributed by atoms with E-state index in [0.29, 0.717) is 36.1 Å². The first-order valence-electron chi connectivity index (χ1n) is 7.39. The van der Waals surface area contributed by atoms with Crippen molar-refractivity contribution >= 4 is 32.4 Å². The van der Waals surface area contributed by atoms with Crippen molar-refractivity contribution in [2.24, 2.45) is 0 Å². The number of rotatable bonds is 4. The largest absolute Gasteiger partial charge is 0.361 e. The zero-order valence-electron chi connectivity index (χ0n) is 13.6. The van der Waals surface area contributed by atoms with Gasteiger partial charge in [0.15, 0.2) is 5.13 Å². The highest BCUT2D eigenvalue weighted by atomic mass is 32.2. The molecule has 0 aliphatic carbocycles. The minimum atomic E-state index is -3.22. The Bertz CT molecular complexity index is 865. The highest BCUT2D eigenvalue weighted by Crippen LogP contribution is 2.29. The Balaban J connectivity index is 1.69. The van der Waals surface area contributed by atoms with E-state index in [1.807, 2.05) is 0 Å². The van der Waals surface area contributed by atoms with Crippen LogP contribution in [-0.4, -0.2) is 41.6 Å². The zero-order chi connectivity index (χ0) is 17.5. The number of sulfonamides is 1. The van der Waals surface area contributed by atoms with Gasteiger partial charge in [-0.1, -0.05) is 5.16 Å². The number of carbonyl (C=O) groups is 1. The SMILES string of the molecule is Cc1noc(C)c1CC(=O)Nc1nc2c(s1)CN(S(C)(=O)=O)CC2. The van der Waals surface area contributed by atoms with Crippen LogP contribution < -0.4 is 5.32 Å². The molecule has 3 heterocycles. The third kappa shape index (κ3) is 3.50. The van der Waals surface area contributed by atoms with Gasteiger partial charge in [0.25, 0.3) is 0 Å². The number of carbonyl (C=O) groups excluding carboxylic acids is 1. The molecule has 0 saturated carbocycles. The van der Waals surface area contributed by atoms with E-state index >= 15 is 0 Å². The molecule has 1 aliphatic rings. The van der Waals surface area contributed by atoms with E-state index in [2.05, 4.69) is 15.5 Å². The van der Waals surface area contributed by atoms with Crippen LogP contribution >= 0.6 is 11.3 Å². The Hall–Kier alpha value is -1.78. The minimum absolute atomic E-state index is 0.168. The van der Waals surface area contributed by atoms with Crippen LogP contribution in [0.2, 0.25) is 0 Å².